The molecule has 0 unspecified atom stereocenters. The second kappa shape index (κ2) is 13.7. The number of rotatable bonds is 8. The number of piperazine rings is 1. The first kappa shape index (κ1) is 30.0. The van der Waals surface area contributed by atoms with Crippen LogP contribution in [-0.4, -0.2) is 56.0 Å². The van der Waals surface area contributed by atoms with E-state index in [4.69, 9.17) is 11.6 Å². The molecule has 4 aromatic carbocycles. The van der Waals surface area contributed by atoms with E-state index < -0.39 is 0 Å². The van der Waals surface area contributed by atoms with Crippen molar-refractivity contribution >= 4 is 52.6 Å². The van der Waals surface area contributed by atoms with Gasteiger partial charge in [-0.2, -0.15) is 0 Å². The second-order valence-corrected chi connectivity index (χ2v) is 12.7. The van der Waals surface area contributed by atoms with E-state index in [1.54, 1.807) is 0 Å². The first-order valence-electron chi connectivity index (χ1n) is 14.9. The van der Waals surface area contributed by atoms with Crippen LogP contribution >= 0.6 is 23.4 Å². The molecule has 0 saturated carbocycles. The van der Waals surface area contributed by atoms with E-state index in [1.165, 1.54) is 17.3 Å². The summed E-state index contributed by atoms with van der Waals surface area (Å²) in [7, 11) is 0. The van der Waals surface area contributed by atoms with E-state index in [2.05, 4.69) is 52.4 Å². The van der Waals surface area contributed by atoms with Gasteiger partial charge < -0.3 is 15.1 Å². The largest absolute Gasteiger partial charge is 0.369 e. The maximum absolute atomic E-state index is 13.7. The van der Waals surface area contributed by atoms with Gasteiger partial charge in [-0.25, -0.2) is 0 Å². The van der Waals surface area contributed by atoms with Crippen LogP contribution in [0.1, 0.15) is 27.0 Å². The summed E-state index contributed by atoms with van der Waals surface area (Å²) in [6, 6.07) is 31.7. The number of carbonyl (C=O) groups excluding carboxylic acids is 2. The molecular weight excluding hydrogens is 588 g/mol. The summed E-state index contributed by atoms with van der Waals surface area (Å²) in [5.41, 5.74) is 5.82. The predicted octanol–water partition coefficient (Wildman–Crippen LogP) is 6.88. The van der Waals surface area contributed by atoms with Crippen LogP contribution in [0.15, 0.2) is 107 Å². The fourth-order valence-electron chi connectivity index (χ4n) is 5.63. The highest BCUT2D eigenvalue weighted by atomic mass is 35.5. The number of hydrogen-bond donors (Lipinski definition) is 1. The van der Waals surface area contributed by atoms with Crippen LogP contribution in [0, 0.1) is 6.92 Å². The highest BCUT2D eigenvalue weighted by Gasteiger charge is 2.29. The zero-order chi connectivity index (χ0) is 30.5. The van der Waals surface area contributed by atoms with Crippen LogP contribution in [0.2, 0.25) is 5.02 Å². The number of carbonyl (C=O) groups is 2. The Morgan fingerprint density at radius 2 is 1.68 bits per heavy atom. The molecule has 0 aliphatic carbocycles. The highest BCUT2D eigenvalue weighted by Crippen LogP contribution is 2.42. The Kier molecular flexibility index (Phi) is 9.36. The van der Waals surface area contributed by atoms with Crippen molar-refractivity contribution in [3.63, 3.8) is 0 Å². The number of amides is 2. The van der Waals surface area contributed by atoms with Gasteiger partial charge in [0.05, 0.1) is 17.1 Å². The molecule has 1 fully saturated rings. The lowest BCUT2D eigenvalue weighted by molar-refractivity contribution is -0.114. The van der Waals surface area contributed by atoms with Crippen LogP contribution in [0.4, 0.5) is 11.4 Å². The molecule has 6 rings (SSSR count). The molecule has 0 aromatic heterocycles. The van der Waals surface area contributed by atoms with E-state index in [1.807, 2.05) is 77.7 Å². The molecule has 2 aliphatic heterocycles. The van der Waals surface area contributed by atoms with Crippen molar-refractivity contribution in [2.75, 3.05) is 49.1 Å². The van der Waals surface area contributed by atoms with Crippen molar-refractivity contribution in [1.82, 2.24) is 10.2 Å². The molecular formula is C36H35ClN4O2S. The summed E-state index contributed by atoms with van der Waals surface area (Å²) in [5, 5.41) is 3.81. The van der Waals surface area contributed by atoms with Gasteiger partial charge in [0.25, 0.3) is 11.8 Å². The van der Waals surface area contributed by atoms with E-state index in [-0.39, 0.29) is 11.8 Å². The van der Waals surface area contributed by atoms with Gasteiger partial charge in [0.15, 0.2) is 0 Å². The Hall–Kier alpha value is -4.04. The van der Waals surface area contributed by atoms with Crippen LogP contribution < -0.4 is 15.1 Å². The highest BCUT2D eigenvalue weighted by molar-refractivity contribution is 8.04. The van der Waals surface area contributed by atoms with E-state index in [0.717, 1.165) is 65.1 Å². The Labute approximate surface area is 268 Å². The first-order chi connectivity index (χ1) is 21.4. The van der Waals surface area contributed by atoms with Gasteiger partial charge in [-0.3, -0.25) is 14.5 Å². The van der Waals surface area contributed by atoms with E-state index in [0.29, 0.717) is 23.6 Å². The molecule has 1 saturated heterocycles. The third-order valence-corrected chi connectivity index (χ3v) is 9.30. The van der Waals surface area contributed by atoms with Gasteiger partial charge in [-0.05, 0) is 66.6 Å². The van der Waals surface area contributed by atoms with Gasteiger partial charge in [0.2, 0.25) is 0 Å². The fourth-order valence-corrected chi connectivity index (χ4v) is 6.87. The number of halogens is 1. The third-order valence-electron chi connectivity index (χ3n) is 7.98. The Bertz CT molecular complexity index is 1680. The molecule has 0 bridgehead atoms. The SMILES string of the molecule is Cc1cccc(CN2C(=O)C(=Cc3ccc(C(=O)NCCN4CCN(c5cccc(Cl)c5)CC4)cc3)Sc3ccccc32)c1. The maximum atomic E-state index is 13.7. The summed E-state index contributed by atoms with van der Waals surface area (Å²) in [6.07, 6.45) is 1.91. The van der Waals surface area contributed by atoms with Crippen LogP contribution in [0.25, 0.3) is 6.08 Å². The molecule has 2 aliphatic rings. The van der Waals surface area contributed by atoms with Crippen molar-refractivity contribution in [2.24, 2.45) is 0 Å². The number of thioether (sulfide) groups is 1. The minimum absolute atomic E-state index is 0.0228. The molecule has 8 heteroatoms. The van der Waals surface area contributed by atoms with Gasteiger partial charge in [0, 0.05) is 60.4 Å². The van der Waals surface area contributed by atoms with E-state index in [9.17, 15) is 9.59 Å². The molecule has 0 atom stereocenters. The molecule has 1 N–H and O–H groups in total. The summed E-state index contributed by atoms with van der Waals surface area (Å²) in [4.78, 5) is 34.8. The van der Waals surface area contributed by atoms with Gasteiger partial charge >= 0.3 is 0 Å². The van der Waals surface area contributed by atoms with Crippen LogP contribution in [0.5, 0.6) is 0 Å². The van der Waals surface area contributed by atoms with Crippen LogP contribution in [0.3, 0.4) is 0 Å². The number of aryl methyl sites for hydroxylation is 1. The zero-order valence-corrected chi connectivity index (χ0v) is 26.3. The van der Waals surface area contributed by atoms with Crippen molar-refractivity contribution in [3.05, 3.63) is 129 Å². The number of benzene rings is 4. The molecule has 0 radical (unpaired) electrons. The third kappa shape index (κ3) is 7.18. The minimum atomic E-state index is -0.0943. The molecule has 4 aromatic rings. The van der Waals surface area contributed by atoms with Crippen LogP contribution in [-0.2, 0) is 11.3 Å². The molecule has 44 heavy (non-hydrogen) atoms. The average molecular weight is 623 g/mol. The van der Waals surface area contributed by atoms with Crippen molar-refractivity contribution in [1.29, 1.82) is 0 Å². The number of hydrogen-bond acceptors (Lipinski definition) is 5. The standard InChI is InChI=1S/C36H35ClN4O2S/c1-26-6-4-7-28(22-26)25-41-32-10-2-3-11-33(32)44-34(36(41)43)23-27-12-14-29(15-13-27)35(42)38-16-17-39-18-20-40(21-19-39)31-9-5-8-30(37)24-31/h2-15,22-24H,16-21,25H2,1H3,(H,38,42). The minimum Gasteiger partial charge on any atom is -0.369 e. The summed E-state index contributed by atoms with van der Waals surface area (Å²) in [5.74, 6) is -0.117. The molecule has 2 heterocycles. The van der Waals surface area contributed by atoms with Gasteiger partial charge in [-0.1, -0.05) is 83.5 Å². The van der Waals surface area contributed by atoms with Crippen molar-refractivity contribution in [2.45, 2.75) is 18.4 Å². The quantitative estimate of drug-likeness (QED) is 0.217. The Balaban J connectivity index is 1.04. The van der Waals surface area contributed by atoms with Gasteiger partial charge in [-0.15, -0.1) is 0 Å². The second-order valence-electron chi connectivity index (χ2n) is 11.1. The number of fused-ring (bicyclic) bond motifs is 1. The zero-order valence-electron chi connectivity index (χ0n) is 24.7. The number of para-hydroxylation sites is 1. The molecule has 6 nitrogen and oxygen atoms in total. The fraction of sp³-hybridized carbons (Fsp3) is 0.222. The lowest BCUT2D eigenvalue weighted by Gasteiger charge is -2.36. The van der Waals surface area contributed by atoms with Crippen molar-refractivity contribution in [3.8, 4) is 0 Å². The number of nitrogens with zero attached hydrogens (tertiary/aromatic N) is 3. The lowest BCUT2D eigenvalue weighted by Crippen LogP contribution is -2.48. The maximum Gasteiger partial charge on any atom is 0.265 e. The molecule has 2 amide bonds. The average Bonchev–Trinajstić information content (AvgIpc) is 3.04. The normalized spacial score (nSPS) is 16.2. The predicted molar refractivity (Wildman–Crippen MR) is 182 cm³/mol. The smallest absolute Gasteiger partial charge is 0.265 e. The molecule has 224 valence electrons. The monoisotopic (exact) mass is 622 g/mol. The Morgan fingerprint density at radius 3 is 2.45 bits per heavy atom. The Morgan fingerprint density at radius 1 is 0.909 bits per heavy atom. The van der Waals surface area contributed by atoms with E-state index >= 15 is 0 Å². The first-order valence-corrected chi connectivity index (χ1v) is 16.1. The van der Waals surface area contributed by atoms with Gasteiger partial charge in [0.1, 0.15) is 0 Å². The number of anilines is 2. The summed E-state index contributed by atoms with van der Waals surface area (Å²) in [6.45, 7) is 7.70. The molecule has 0 spiro atoms. The summed E-state index contributed by atoms with van der Waals surface area (Å²) < 4.78 is 0. The van der Waals surface area contributed by atoms with Crippen molar-refractivity contribution < 1.29 is 9.59 Å². The summed E-state index contributed by atoms with van der Waals surface area (Å²) >= 11 is 7.64. The topological polar surface area (TPSA) is 55.9 Å². The lowest BCUT2D eigenvalue weighted by atomic mass is 10.1. The number of nitrogens with one attached hydrogen (secondary N) is 1.